The maximum absolute atomic E-state index is 12.0. The molecule has 0 aromatic carbocycles. The molecular formula is C14H23N5O2. The van der Waals surface area contributed by atoms with E-state index in [2.05, 4.69) is 20.2 Å². The fraction of sp³-hybridized carbons (Fsp3) is 0.714. The molecule has 3 heterocycles. The summed E-state index contributed by atoms with van der Waals surface area (Å²) in [5.41, 5.74) is 0. The monoisotopic (exact) mass is 293 g/mol. The second kappa shape index (κ2) is 7.02. The van der Waals surface area contributed by atoms with Crippen molar-refractivity contribution in [1.82, 2.24) is 25.1 Å². The molecule has 2 saturated heterocycles. The Morgan fingerprint density at radius 3 is 3.00 bits per heavy atom. The molecule has 0 saturated carbocycles. The molecule has 0 radical (unpaired) electrons. The lowest BCUT2D eigenvalue weighted by molar-refractivity contribution is -0.128. The molecule has 2 aliphatic heterocycles. The maximum Gasteiger partial charge on any atom is 0.224 e. The number of H-pyrrole nitrogens is 1. The van der Waals surface area contributed by atoms with Crippen LogP contribution in [0.1, 0.15) is 12.2 Å². The Bertz CT molecular complexity index is 444. The highest BCUT2D eigenvalue weighted by atomic mass is 16.5. The van der Waals surface area contributed by atoms with Crippen LogP contribution >= 0.6 is 0 Å². The topological polar surface area (TPSA) is 73.5 Å². The number of aromatic nitrogens is 2. The van der Waals surface area contributed by atoms with Crippen LogP contribution in [0.3, 0.4) is 0 Å². The molecule has 116 valence electrons. The molecule has 2 aliphatic rings. The third-order valence-electron chi connectivity index (χ3n) is 4.12. The number of nitrogens with one attached hydrogen (secondary N) is 2. The fourth-order valence-electron chi connectivity index (χ4n) is 2.85. The Morgan fingerprint density at radius 1 is 1.38 bits per heavy atom. The van der Waals surface area contributed by atoms with Gasteiger partial charge in [0, 0.05) is 57.6 Å². The molecule has 1 aromatic heterocycles. The van der Waals surface area contributed by atoms with E-state index in [4.69, 9.17) is 4.74 Å². The molecule has 0 aliphatic carbocycles. The molecule has 1 atom stereocenters. The highest BCUT2D eigenvalue weighted by molar-refractivity contribution is 5.79. The number of hydrogen-bond acceptors (Lipinski definition) is 5. The Morgan fingerprint density at radius 2 is 2.24 bits per heavy atom. The average molecular weight is 293 g/mol. The summed E-state index contributed by atoms with van der Waals surface area (Å²) in [7, 11) is 0. The third-order valence-corrected chi connectivity index (χ3v) is 4.12. The van der Waals surface area contributed by atoms with Gasteiger partial charge in [-0.15, -0.1) is 0 Å². The first-order valence-corrected chi connectivity index (χ1v) is 7.61. The number of morpholine rings is 1. The van der Waals surface area contributed by atoms with Crippen LogP contribution in [0.15, 0.2) is 12.4 Å². The minimum Gasteiger partial charge on any atom is -0.379 e. The molecule has 0 spiro atoms. The van der Waals surface area contributed by atoms with E-state index >= 15 is 0 Å². The molecule has 2 N–H and O–H groups in total. The van der Waals surface area contributed by atoms with Crippen molar-refractivity contribution in [3.63, 3.8) is 0 Å². The standard InChI is InChI=1S/C14H23N5O2/c20-14-9-12(17-10-13-15-1-2-16-13)11-19(14)4-3-18-5-7-21-8-6-18/h1-2,12,17H,3-11H2,(H,15,16). The number of hydrogen-bond donors (Lipinski definition) is 2. The van der Waals surface area contributed by atoms with Gasteiger partial charge in [0.15, 0.2) is 0 Å². The smallest absolute Gasteiger partial charge is 0.224 e. The minimum absolute atomic E-state index is 0.229. The van der Waals surface area contributed by atoms with Gasteiger partial charge in [0.05, 0.1) is 19.8 Å². The van der Waals surface area contributed by atoms with E-state index in [9.17, 15) is 4.79 Å². The summed E-state index contributed by atoms with van der Waals surface area (Å²) < 4.78 is 5.34. The van der Waals surface area contributed by atoms with Crippen molar-refractivity contribution >= 4 is 5.91 Å². The molecule has 7 heteroatoms. The van der Waals surface area contributed by atoms with Gasteiger partial charge in [-0.25, -0.2) is 4.98 Å². The molecule has 3 rings (SSSR count). The van der Waals surface area contributed by atoms with Gasteiger partial charge in [-0.1, -0.05) is 0 Å². The number of amides is 1. The lowest BCUT2D eigenvalue weighted by atomic mass is 10.2. The second-order valence-electron chi connectivity index (χ2n) is 5.61. The summed E-state index contributed by atoms with van der Waals surface area (Å²) in [6, 6.07) is 0.229. The summed E-state index contributed by atoms with van der Waals surface area (Å²) >= 11 is 0. The van der Waals surface area contributed by atoms with Gasteiger partial charge in [0.1, 0.15) is 5.82 Å². The van der Waals surface area contributed by atoms with Crippen LogP contribution in [-0.2, 0) is 16.1 Å². The summed E-state index contributed by atoms with van der Waals surface area (Å²) in [5.74, 6) is 1.16. The second-order valence-corrected chi connectivity index (χ2v) is 5.61. The number of nitrogens with zero attached hydrogens (tertiary/aromatic N) is 3. The van der Waals surface area contributed by atoms with Crippen LogP contribution in [-0.4, -0.2) is 77.7 Å². The molecule has 7 nitrogen and oxygen atoms in total. The first kappa shape index (κ1) is 14.5. The zero-order chi connectivity index (χ0) is 14.5. The third kappa shape index (κ3) is 4.03. The van der Waals surface area contributed by atoms with E-state index in [0.29, 0.717) is 13.0 Å². The maximum atomic E-state index is 12.0. The summed E-state index contributed by atoms with van der Waals surface area (Å²) in [4.78, 5) is 23.6. The van der Waals surface area contributed by atoms with Gasteiger partial charge in [-0.05, 0) is 0 Å². The Labute approximate surface area is 124 Å². The normalized spacial score (nSPS) is 23.9. The number of likely N-dealkylation sites (tertiary alicyclic amines) is 1. The first-order valence-electron chi connectivity index (χ1n) is 7.61. The van der Waals surface area contributed by atoms with Crippen LogP contribution < -0.4 is 5.32 Å². The van der Waals surface area contributed by atoms with Crippen molar-refractivity contribution in [2.45, 2.75) is 19.0 Å². The molecule has 21 heavy (non-hydrogen) atoms. The van der Waals surface area contributed by atoms with Gasteiger partial charge in [0.25, 0.3) is 0 Å². The van der Waals surface area contributed by atoms with Crippen molar-refractivity contribution < 1.29 is 9.53 Å². The van der Waals surface area contributed by atoms with E-state index in [-0.39, 0.29) is 11.9 Å². The molecular weight excluding hydrogens is 270 g/mol. The van der Waals surface area contributed by atoms with Crippen LogP contribution in [0.4, 0.5) is 0 Å². The van der Waals surface area contributed by atoms with E-state index in [0.717, 1.165) is 51.8 Å². The molecule has 1 aromatic rings. The molecule has 1 unspecified atom stereocenters. The number of imidazole rings is 1. The van der Waals surface area contributed by atoms with Crippen molar-refractivity contribution in [2.24, 2.45) is 0 Å². The van der Waals surface area contributed by atoms with E-state index in [1.807, 2.05) is 11.1 Å². The van der Waals surface area contributed by atoms with Crippen molar-refractivity contribution in [1.29, 1.82) is 0 Å². The summed E-state index contributed by atoms with van der Waals surface area (Å²) in [6.07, 6.45) is 4.14. The van der Waals surface area contributed by atoms with Gasteiger partial charge in [-0.2, -0.15) is 0 Å². The predicted octanol–water partition coefficient (Wildman–Crippen LogP) is -0.568. The lowest BCUT2D eigenvalue weighted by Crippen LogP contribution is -2.42. The van der Waals surface area contributed by atoms with E-state index < -0.39 is 0 Å². The van der Waals surface area contributed by atoms with E-state index in [1.54, 1.807) is 6.20 Å². The van der Waals surface area contributed by atoms with Crippen molar-refractivity contribution in [3.05, 3.63) is 18.2 Å². The average Bonchev–Trinajstić information content (AvgIpc) is 3.14. The van der Waals surface area contributed by atoms with Crippen molar-refractivity contribution in [2.75, 3.05) is 45.9 Å². The van der Waals surface area contributed by atoms with Gasteiger partial charge >= 0.3 is 0 Å². The number of aromatic amines is 1. The number of carbonyl (C=O) groups is 1. The highest BCUT2D eigenvalue weighted by Crippen LogP contribution is 2.11. The van der Waals surface area contributed by atoms with Gasteiger partial charge < -0.3 is 19.9 Å². The minimum atomic E-state index is 0.229. The SMILES string of the molecule is O=C1CC(NCc2ncc[nH]2)CN1CCN1CCOCC1. The van der Waals surface area contributed by atoms with Crippen LogP contribution in [0.25, 0.3) is 0 Å². The van der Waals surface area contributed by atoms with Crippen LogP contribution in [0, 0.1) is 0 Å². The van der Waals surface area contributed by atoms with Crippen LogP contribution in [0.2, 0.25) is 0 Å². The highest BCUT2D eigenvalue weighted by Gasteiger charge is 2.29. The zero-order valence-electron chi connectivity index (χ0n) is 12.3. The van der Waals surface area contributed by atoms with Crippen LogP contribution in [0.5, 0.6) is 0 Å². The largest absolute Gasteiger partial charge is 0.379 e. The zero-order valence-corrected chi connectivity index (χ0v) is 12.3. The van der Waals surface area contributed by atoms with E-state index in [1.165, 1.54) is 0 Å². The predicted molar refractivity (Wildman–Crippen MR) is 77.7 cm³/mol. The Kier molecular flexibility index (Phi) is 4.84. The fourth-order valence-corrected chi connectivity index (χ4v) is 2.85. The Balaban J connectivity index is 1.39. The lowest BCUT2D eigenvalue weighted by Gasteiger charge is -2.28. The number of rotatable bonds is 6. The molecule has 0 bridgehead atoms. The quantitative estimate of drug-likeness (QED) is 0.735. The number of carbonyl (C=O) groups excluding carboxylic acids is 1. The van der Waals surface area contributed by atoms with Gasteiger partial charge in [0.2, 0.25) is 5.91 Å². The molecule has 1 amide bonds. The molecule has 2 fully saturated rings. The van der Waals surface area contributed by atoms with Gasteiger partial charge in [-0.3, -0.25) is 9.69 Å². The van der Waals surface area contributed by atoms with Crippen molar-refractivity contribution in [3.8, 4) is 0 Å². The Hall–Kier alpha value is -1.44. The first-order chi connectivity index (χ1) is 10.3. The summed E-state index contributed by atoms with van der Waals surface area (Å²) in [6.45, 7) is 6.80. The number of ether oxygens (including phenoxy) is 1. The summed E-state index contributed by atoms with van der Waals surface area (Å²) in [5, 5.41) is 3.39.